The molecule has 0 rings (SSSR count). The minimum atomic E-state index is 0.179. The summed E-state index contributed by atoms with van der Waals surface area (Å²) in [6, 6.07) is 0. The third-order valence-electron chi connectivity index (χ3n) is 2.49. The molecule has 1 N–H and O–H groups in total. The van der Waals surface area contributed by atoms with Crippen LogP contribution in [0.25, 0.3) is 0 Å². The van der Waals surface area contributed by atoms with Gasteiger partial charge in [-0.05, 0) is 32.6 Å². The maximum atomic E-state index is 5.16. The van der Waals surface area contributed by atoms with E-state index in [9.17, 15) is 0 Å². The van der Waals surface area contributed by atoms with E-state index in [4.69, 9.17) is 4.74 Å². The highest BCUT2D eigenvalue weighted by Gasteiger charge is 2.12. The van der Waals surface area contributed by atoms with Crippen LogP contribution in [0.4, 0.5) is 0 Å². The van der Waals surface area contributed by atoms with Crippen molar-refractivity contribution >= 4 is 0 Å². The van der Waals surface area contributed by atoms with E-state index in [0.29, 0.717) is 11.8 Å². The number of ether oxygens (including phenoxy) is 1. The fraction of sp³-hybridized carbons (Fsp3) is 0.857. The summed E-state index contributed by atoms with van der Waals surface area (Å²) in [5, 5.41) is 3.54. The van der Waals surface area contributed by atoms with Gasteiger partial charge in [0.05, 0.1) is 6.61 Å². The highest BCUT2D eigenvalue weighted by molar-refractivity contribution is 5.09. The molecule has 0 spiro atoms. The SMILES string of the molecule is COCC(C)/C=C(/CNC(C)(C)C)C(C)C. The molecule has 0 fully saturated rings. The molecule has 2 nitrogen and oxygen atoms in total. The van der Waals surface area contributed by atoms with Crippen LogP contribution in [0, 0.1) is 11.8 Å². The zero-order valence-electron chi connectivity index (χ0n) is 12.1. The van der Waals surface area contributed by atoms with E-state index in [1.54, 1.807) is 7.11 Å². The van der Waals surface area contributed by atoms with Crippen LogP contribution >= 0.6 is 0 Å². The Morgan fingerprint density at radius 1 is 1.25 bits per heavy atom. The number of hydrogen-bond donors (Lipinski definition) is 1. The lowest BCUT2D eigenvalue weighted by molar-refractivity contribution is 0.175. The number of hydrogen-bond acceptors (Lipinski definition) is 2. The Hall–Kier alpha value is -0.340. The molecule has 0 saturated carbocycles. The molecular weight excluding hydrogens is 198 g/mol. The highest BCUT2D eigenvalue weighted by atomic mass is 16.5. The van der Waals surface area contributed by atoms with Crippen molar-refractivity contribution in [2.24, 2.45) is 11.8 Å². The van der Waals surface area contributed by atoms with Gasteiger partial charge in [0.25, 0.3) is 0 Å². The van der Waals surface area contributed by atoms with Crippen LogP contribution < -0.4 is 5.32 Å². The van der Waals surface area contributed by atoms with Crippen molar-refractivity contribution in [1.29, 1.82) is 0 Å². The zero-order chi connectivity index (χ0) is 12.8. The van der Waals surface area contributed by atoms with E-state index >= 15 is 0 Å². The number of rotatable bonds is 6. The van der Waals surface area contributed by atoms with Gasteiger partial charge in [-0.2, -0.15) is 0 Å². The second kappa shape index (κ2) is 7.08. The van der Waals surface area contributed by atoms with E-state index in [-0.39, 0.29) is 5.54 Å². The highest BCUT2D eigenvalue weighted by Crippen LogP contribution is 2.13. The first-order valence-electron chi connectivity index (χ1n) is 6.21. The summed E-state index contributed by atoms with van der Waals surface area (Å²) < 4.78 is 5.16. The lowest BCUT2D eigenvalue weighted by Gasteiger charge is -2.24. The predicted octanol–water partition coefficient (Wildman–Crippen LogP) is 3.24. The van der Waals surface area contributed by atoms with Crippen molar-refractivity contribution in [2.45, 2.75) is 47.1 Å². The van der Waals surface area contributed by atoms with Crippen LogP contribution in [-0.2, 0) is 4.74 Å². The smallest absolute Gasteiger partial charge is 0.0522 e. The summed E-state index contributed by atoms with van der Waals surface area (Å²) in [5.41, 5.74) is 1.65. The Labute approximate surface area is 101 Å². The standard InChI is InChI=1S/C14H29NO/c1-11(2)13(8-12(3)10-16-7)9-15-14(4,5)6/h8,11-12,15H,9-10H2,1-7H3/b13-8-. The normalized spacial score (nSPS) is 15.6. The van der Waals surface area contributed by atoms with Crippen molar-refractivity contribution in [3.8, 4) is 0 Å². The van der Waals surface area contributed by atoms with Gasteiger partial charge in [-0.25, -0.2) is 0 Å². The van der Waals surface area contributed by atoms with E-state index in [0.717, 1.165) is 13.2 Å². The Kier molecular flexibility index (Phi) is 6.93. The van der Waals surface area contributed by atoms with Crippen LogP contribution in [0.2, 0.25) is 0 Å². The van der Waals surface area contributed by atoms with E-state index < -0.39 is 0 Å². The summed E-state index contributed by atoms with van der Waals surface area (Å²) in [5.74, 6) is 1.08. The van der Waals surface area contributed by atoms with Gasteiger partial charge in [0, 0.05) is 19.2 Å². The van der Waals surface area contributed by atoms with Gasteiger partial charge in [0.1, 0.15) is 0 Å². The minimum absolute atomic E-state index is 0.179. The summed E-state index contributed by atoms with van der Waals surface area (Å²) in [6.07, 6.45) is 2.34. The second-order valence-electron chi connectivity index (χ2n) is 5.93. The lowest BCUT2D eigenvalue weighted by atomic mass is 9.97. The molecule has 0 aliphatic rings. The fourth-order valence-electron chi connectivity index (χ4n) is 1.50. The predicted molar refractivity (Wildman–Crippen MR) is 71.7 cm³/mol. The molecule has 1 unspecified atom stereocenters. The zero-order valence-corrected chi connectivity index (χ0v) is 12.1. The maximum absolute atomic E-state index is 5.16. The van der Waals surface area contributed by atoms with Gasteiger partial charge in [-0.1, -0.05) is 32.4 Å². The molecular formula is C14H29NO. The molecule has 0 amide bonds. The summed E-state index contributed by atoms with van der Waals surface area (Å²) in [7, 11) is 1.76. The average molecular weight is 227 g/mol. The van der Waals surface area contributed by atoms with Gasteiger partial charge >= 0.3 is 0 Å². The van der Waals surface area contributed by atoms with Crippen molar-refractivity contribution < 1.29 is 4.74 Å². The topological polar surface area (TPSA) is 21.3 Å². The van der Waals surface area contributed by atoms with Crippen LogP contribution in [0.1, 0.15) is 41.5 Å². The Morgan fingerprint density at radius 2 is 1.81 bits per heavy atom. The molecule has 0 aliphatic carbocycles. The second-order valence-corrected chi connectivity index (χ2v) is 5.93. The molecule has 0 aliphatic heterocycles. The molecule has 0 aromatic heterocycles. The van der Waals surface area contributed by atoms with Crippen LogP contribution in [-0.4, -0.2) is 25.8 Å². The molecule has 0 aromatic carbocycles. The first kappa shape index (κ1) is 15.7. The third-order valence-corrected chi connectivity index (χ3v) is 2.49. The number of nitrogens with one attached hydrogen (secondary N) is 1. The molecule has 0 radical (unpaired) electrons. The molecule has 1 atom stereocenters. The van der Waals surface area contributed by atoms with Crippen molar-refractivity contribution in [1.82, 2.24) is 5.32 Å². The largest absolute Gasteiger partial charge is 0.384 e. The molecule has 0 heterocycles. The maximum Gasteiger partial charge on any atom is 0.0522 e. The van der Waals surface area contributed by atoms with Crippen molar-refractivity contribution in [3.05, 3.63) is 11.6 Å². The monoisotopic (exact) mass is 227 g/mol. The average Bonchev–Trinajstić information content (AvgIpc) is 2.10. The Morgan fingerprint density at radius 3 is 2.19 bits per heavy atom. The van der Waals surface area contributed by atoms with E-state index in [1.807, 2.05) is 0 Å². The van der Waals surface area contributed by atoms with Crippen molar-refractivity contribution in [3.63, 3.8) is 0 Å². The molecule has 16 heavy (non-hydrogen) atoms. The molecule has 0 bridgehead atoms. The van der Waals surface area contributed by atoms with E-state index in [2.05, 4.69) is 52.9 Å². The fourth-order valence-corrected chi connectivity index (χ4v) is 1.50. The molecule has 2 heteroatoms. The lowest BCUT2D eigenvalue weighted by Crippen LogP contribution is -2.37. The number of methoxy groups -OCH3 is 1. The van der Waals surface area contributed by atoms with Gasteiger partial charge in [0.2, 0.25) is 0 Å². The van der Waals surface area contributed by atoms with Gasteiger partial charge in [0.15, 0.2) is 0 Å². The molecule has 0 aromatic rings. The van der Waals surface area contributed by atoms with Crippen LogP contribution in [0.15, 0.2) is 11.6 Å². The van der Waals surface area contributed by atoms with Crippen LogP contribution in [0.3, 0.4) is 0 Å². The van der Waals surface area contributed by atoms with Crippen LogP contribution in [0.5, 0.6) is 0 Å². The Balaban J connectivity index is 4.38. The molecule has 0 saturated heterocycles. The van der Waals surface area contributed by atoms with Gasteiger partial charge in [-0.3, -0.25) is 0 Å². The first-order chi connectivity index (χ1) is 7.26. The first-order valence-corrected chi connectivity index (χ1v) is 6.21. The summed E-state index contributed by atoms with van der Waals surface area (Å²) >= 11 is 0. The van der Waals surface area contributed by atoms with Crippen molar-refractivity contribution in [2.75, 3.05) is 20.3 Å². The van der Waals surface area contributed by atoms with Gasteiger partial charge in [-0.15, -0.1) is 0 Å². The summed E-state index contributed by atoms with van der Waals surface area (Å²) in [4.78, 5) is 0. The summed E-state index contributed by atoms with van der Waals surface area (Å²) in [6.45, 7) is 15.0. The third kappa shape index (κ3) is 7.89. The van der Waals surface area contributed by atoms with Gasteiger partial charge < -0.3 is 10.1 Å². The van der Waals surface area contributed by atoms with E-state index in [1.165, 1.54) is 5.57 Å². The Bertz CT molecular complexity index is 213. The minimum Gasteiger partial charge on any atom is -0.384 e. The quantitative estimate of drug-likeness (QED) is 0.703. The molecule has 96 valence electrons.